The molecule has 0 radical (unpaired) electrons. The van der Waals surface area contributed by atoms with Crippen molar-refractivity contribution < 1.29 is 9.53 Å². The lowest BCUT2D eigenvalue weighted by atomic mass is 10.2. The molecule has 1 aromatic carbocycles. The van der Waals surface area contributed by atoms with Crippen molar-refractivity contribution in [3.63, 3.8) is 0 Å². The molecule has 2 N–H and O–H groups in total. The van der Waals surface area contributed by atoms with E-state index in [0.29, 0.717) is 37.0 Å². The maximum absolute atomic E-state index is 12.3. The van der Waals surface area contributed by atoms with Gasteiger partial charge in [-0.15, -0.1) is 0 Å². The Morgan fingerprint density at radius 3 is 2.77 bits per heavy atom. The quantitative estimate of drug-likeness (QED) is 0.240. The smallest absolute Gasteiger partial charge is 0.251 e. The van der Waals surface area contributed by atoms with Gasteiger partial charge in [0.05, 0.1) is 24.7 Å². The van der Waals surface area contributed by atoms with Crippen LogP contribution >= 0.6 is 27.7 Å². The van der Waals surface area contributed by atoms with Crippen molar-refractivity contribution in [3.8, 4) is 0 Å². The molecule has 8 nitrogen and oxygen atoms in total. The van der Waals surface area contributed by atoms with Crippen LogP contribution in [0.15, 0.2) is 40.1 Å². The number of methoxy groups -OCH3 is 1. The highest BCUT2D eigenvalue weighted by molar-refractivity contribution is 9.10. The van der Waals surface area contributed by atoms with Crippen molar-refractivity contribution in [1.29, 1.82) is 0 Å². The van der Waals surface area contributed by atoms with Gasteiger partial charge in [0.15, 0.2) is 10.8 Å². The van der Waals surface area contributed by atoms with Crippen molar-refractivity contribution in [2.75, 3.05) is 37.9 Å². The molecule has 160 valence electrons. The van der Waals surface area contributed by atoms with Crippen LogP contribution in [0.2, 0.25) is 0 Å². The Balaban J connectivity index is 1.72. The van der Waals surface area contributed by atoms with E-state index in [0.717, 1.165) is 33.5 Å². The molecule has 2 aromatic heterocycles. The minimum atomic E-state index is -0.116. The summed E-state index contributed by atoms with van der Waals surface area (Å²) in [6.45, 7) is 4.31. The minimum absolute atomic E-state index is 0.116. The van der Waals surface area contributed by atoms with Gasteiger partial charge in [0.25, 0.3) is 5.91 Å². The van der Waals surface area contributed by atoms with Gasteiger partial charge >= 0.3 is 0 Å². The van der Waals surface area contributed by atoms with E-state index in [1.165, 1.54) is 0 Å². The number of ether oxygens (including phenoxy) is 1. The number of nitrogens with one attached hydrogen (secondary N) is 2. The Morgan fingerprint density at radius 2 is 2.03 bits per heavy atom. The van der Waals surface area contributed by atoms with Crippen LogP contribution in [0.3, 0.4) is 0 Å². The highest BCUT2D eigenvalue weighted by atomic mass is 79.9. The summed E-state index contributed by atoms with van der Waals surface area (Å²) in [5.41, 5.74) is 1.37. The number of thioether (sulfide) groups is 1. The summed E-state index contributed by atoms with van der Waals surface area (Å²) in [6.07, 6.45) is 2.80. The van der Waals surface area contributed by atoms with E-state index in [1.807, 2.05) is 12.1 Å². The highest BCUT2D eigenvalue weighted by Crippen LogP contribution is 2.24. The summed E-state index contributed by atoms with van der Waals surface area (Å²) in [4.78, 5) is 21.6. The molecule has 0 aliphatic rings. The number of anilines is 1. The third-order valence-electron chi connectivity index (χ3n) is 4.23. The molecular formula is C20H25BrN6O2S. The van der Waals surface area contributed by atoms with E-state index in [2.05, 4.69) is 43.6 Å². The summed E-state index contributed by atoms with van der Waals surface area (Å²) < 4.78 is 7.86. The molecule has 2 heterocycles. The second kappa shape index (κ2) is 11.3. The Hall–Kier alpha value is -2.17. The molecular weight excluding hydrogens is 468 g/mol. The maximum atomic E-state index is 12.3. The molecule has 0 atom stereocenters. The van der Waals surface area contributed by atoms with Gasteiger partial charge in [-0.2, -0.15) is 5.10 Å². The second-order valence-electron chi connectivity index (χ2n) is 6.49. The van der Waals surface area contributed by atoms with Gasteiger partial charge in [0, 0.05) is 36.0 Å². The van der Waals surface area contributed by atoms with E-state index in [-0.39, 0.29) is 5.91 Å². The number of carbonyl (C=O) groups excluding carboxylic acids is 1. The van der Waals surface area contributed by atoms with Crippen LogP contribution < -0.4 is 10.6 Å². The van der Waals surface area contributed by atoms with Crippen molar-refractivity contribution in [1.82, 2.24) is 25.1 Å². The van der Waals surface area contributed by atoms with Gasteiger partial charge < -0.3 is 15.4 Å². The van der Waals surface area contributed by atoms with Crippen LogP contribution in [0.5, 0.6) is 0 Å². The predicted octanol–water partition coefficient (Wildman–Crippen LogP) is 3.58. The maximum Gasteiger partial charge on any atom is 0.251 e. The largest absolute Gasteiger partial charge is 0.383 e. The molecule has 0 saturated carbocycles. The van der Waals surface area contributed by atoms with Crippen LogP contribution in [-0.2, 0) is 11.3 Å². The molecule has 0 bridgehead atoms. The third-order valence-corrected chi connectivity index (χ3v) is 5.81. The third kappa shape index (κ3) is 5.93. The molecule has 3 aromatic rings. The molecule has 30 heavy (non-hydrogen) atoms. The summed E-state index contributed by atoms with van der Waals surface area (Å²) >= 11 is 4.99. The van der Waals surface area contributed by atoms with Crippen molar-refractivity contribution in [2.24, 2.45) is 0 Å². The summed E-state index contributed by atoms with van der Waals surface area (Å²) in [5.74, 6) is 1.58. The fraction of sp³-hybridized carbons (Fsp3) is 0.400. The van der Waals surface area contributed by atoms with E-state index in [1.54, 1.807) is 41.9 Å². The van der Waals surface area contributed by atoms with Gasteiger partial charge in [-0.25, -0.2) is 14.6 Å². The molecule has 0 saturated heterocycles. The normalized spacial score (nSPS) is 11.0. The van der Waals surface area contributed by atoms with Crippen molar-refractivity contribution in [2.45, 2.75) is 25.0 Å². The van der Waals surface area contributed by atoms with Gasteiger partial charge in [0.1, 0.15) is 5.82 Å². The number of hydrogen-bond acceptors (Lipinski definition) is 7. The fourth-order valence-corrected chi connectivity index (χ4v) is 3.70. The minimum Gasteiger partial charge on any atom is -0.383 e. The number of nitrogens with zero attached hydrogens (tertiary/aromatic N) is 4. The number of amides is 1. The number of carbonyl (C=O) groups is 1. The zero-order valence-electron chi connectivity index (χ0n) is 17.0. The number of aromatic nitrogens is 4. The van der Waals surface area contributed by atoms with Crippen molar-refractivity contribution in [3.05, 3.63) is 40.5 Å². The molecule has 0 spiro atoms. The summed E-state index contributed by atoms with van der Waals surface area (Å²) in [6, 6.07) is 7.26. The second-order valence-corrected chi connectivity index (χ2v) is 8.47. The average Bonchev–Trinajstić information content (AvgIpc) is 3.16. The molecule has 0 unspecified atom stereocenters. The van der Waals surface area contributed by atoms with Gasteiger partial charge in [-0.1, -0.05) is 34.6 Å². The first kappa shape index (κ1) is 22.5. The summed E-state index contributed by atoms with van der Waals surface area (Å²) in [5, 5.41) is 12.3. The van der Waals surface area contributed by atoms with E-state index >= 15 is 0 Å². The first-order chi connectivity index (χ1) is 14.6. The zero-order chi connectivity index (χ0) is 21.3. The first-order valence-corrected chi connectivity index (χ1v) is 11.5. The van der Waals surface area contributed by atoms with Gasteiger partial charge in [-0.3, -0.25) is 4.79 Å². The van der Waals surface area contributed by atoms with Crippen molar-refractivity contribution >= 4 is 50.5 Å². The lowest BCUT2D eigenvalue weighted by Gasteiger charge is -2.10. The number of fused-ring (bicyclic) bond motifs is 1. The average molecular weight is 493 g/mol. The molecule has 0 aliphatic heterocycles. The summed E-state index contributed by atoms with van der Waals surface area (Å²) in [7, 11) is 1.67. The number of halogens is 1. The lowest BCUT2D eigenvalue weighted by Crippen LogP contribution is -2.27. The monoisotopic (exact) mass is 492 g/mol. The molecule has 0 fully saturated rings. The molecule has 0 aliphatic carbocycles. The first-order valence-electron chi connectivity index (χ1n) is 9.75. The Kier molecular flexibility index (Phi) is 8.47. The van der Waals surface area contributed by atoms with Gasteiger partial charge in [0.2, 0.25) is 0 Å². The van der Waals surface area contributed by atoms with Crippen LogP contribution in [-0.4, -0.2) is 58.2 Å². The van der Waals surface area contributed by atoms with Crippen LogP contribution in [0.4, 0.5) is 5.82 Å². The SMILES string of the molecule is CCCSc1nc(NCCOC)c2cnn(CCNC(=O)c3ccc(Br)cc3)c2n1. The lowest BCUT2D eigenvalue weighted by molar-refractivity contribution is 0.0952. The van der Waals surface area contributed by atoms with E-state index in [9.17, 15) is 4.79 Å². The number of rotatable bonds is 11. The Morgan fingerprint density at radius 1 is 1.23 bits per heavy atom. The zero-order valence-corrected chi connectivity index (χ0v) is 19.4. The molecule has 10 heteroatoms. The molecule has 3 rings (SSSR count). The topological polar surface area (TPSA) is 94.0 Å². The van der Waals surface area contributed by atoms with Crippen LogP contribution in [0, 0.1) is 0 Å². The predicted molar refractivity (Wildman–Crippen MR) is 123 cm³/mol. The van der Waals surface area contributed by atoms with Crippen LogP contribution in [0.25, 0.3) is 11.0 Å². The Labute approximate surface area is 188 Å². The van der Waals surface area contributed by atoms with E-state index < -0.39 is 0 Å². The number of hydrogen-bond donors (Lipinski definition) is 2. The highest BCUT2D eigenvalue weighted by Gasteiger charge is 2.13. The fourth-order valence-electron chi connectivity index (χ4n) is 2.74. The molecule has 1 amide bonds. The van der Waals surface area contributed by atoms with E-state index in [4.69, 9.17) is 9.72 Å². The van der Waals surface area contributed by atoms with Gasteiger partial charge in [-0.05, 0) is 30.7 Å². The van der Waals surface area contributed by atoms with Crippen LogP contribution in [0.1, 0.15) is 23.7 Å². The Bertz CT molecular complexity index is 979. The number of benzene rings is 1. The standard InChI is InChI=1S/C20H25BrN6O2S/c1-3-12-30-20-25-17(22-9-11-29-2)16-13-24-27(18(16)26-20)10-8-23-19(28)14-4-6-15(21)7-5-14/h4-7,13H,3,8-12H2,1-2H3,(H,23,28)(H,22,25,26).